The van der Waals surface area contributed by atoms with E-state index in [-0.39, 0.29) is 0 Å². The average molecular weight is 215 g/mol. The van der Waals surface area contributed by atoms with Crippen molar-refractivity contribution in [1.29, 1.82) is 0 Å². The number of hydrogen-bond acceptors (Lipinski definition) is 3. The van der Waals surface area contributed by atoms with E-state index in [4.69, 9.17) is 9.47 Å². The predicted octanol–water partition coefficient (Wildman–Crippen LogP) is 1.82. The Morgan fingerprint density at radius 1 is 1.07 bits per heavy atom. The van der Waals surface area contributed by atoms with E-state index in [1.54, 1.807) is 7.11 Å². The second-order valence-corrected chi connectivity index (χ2v) is 4.32. The van der Waals surface area contributed by atoms with Gasteiger partial charge in [0.2, 0.25) is 0 Å². The van der Waals surface area contributed by atoms with Crippen molar-refractivity contribution >= 4 is 0 Å². The molecule has 1 aliphatic rings. The second-order valence-electron chi connectivity index (χ2n) is 4.32. The number of nitrogens with one attached hydrogen (secondary N) is 1. The quantitative estimate of drug-likeness (QED) is 0.627. The van der Waals surface area contributed by atoms with Crippen molar-refractivity contribution < 1.29 is 9.47 Å². The summed E-state index contributed by atoms with van der Waals surface area (Å²) in [6, 6.07) is 0. The molecule has 0 radical (unpaired) electrons. The van der Waals surface area contributed by atoms with Crippen LogP contribution in [0.25, 0.3) is 0 Å². The van der Waals surface area contributed by atoms with Crippen molar-refractivity contribution in [2.75, 3.05) is 40.0 Å². The first-order chi connectivity index (χ1) is 7.43. The molecule has 0 unspecified atom stereocenters. The lowest BCUT2D eigenvalue weighted by Gasteiger charge is -2.22. The van der Waals surface area contributed by atoms with Gasteiger partial charge in [-0.1, -0.05) is 0 Å². The van der Waals surface area contributed by atoms with E-state index in [1.165, 1.54) is 38.8 Å². The smallest absolute Gasteiger partial charge is 0.0495 e. The molecule has 15 heavy (non-hydrogen) atoms. The molecule has 0 saturated carbocycles. The van der Waals surface area contributed by atoms with Crippen LogP contribution in [0.15, 0.2) is 0 Å². The molecule has 0 aromatic heterocycles. The molecule has 1 N–H and O–H groups in total. The van der Waals surface area contributed by atoms with Crippen LogP contribution in [0.2, 0.25) is 0 Å². The summed E-state index contributed by atoms with van der Waals surface area (Å²) in [6.07, 6.45) is 6.12. The van der Waals surface area contributed by atoms with E-state index < -0.39 is 0 Å². The molecule has 0 spiro atoms. The van der Waals surface area contributed by atoms with Crippen LogP contribution in [0.1, 0.15) is 32.1 Å². The standard InChI is InChI=1S/C12H25NO2/c1-14-9-3-2-4-10-15-11-12-5-7-13-8-6-12/h12-13H,2-11H2,1H3. The van der Waals surface area contributed by atoms with Crippen LogP contribution in [-0.4, -0.2) is 40.0 Å². The molecule has 0 atom stereocenters. The minimum Gasteiger partial charge on any atom is -0.385 e. The highest BCUT2D eigenvalue weighted by atomic mass is 16.5. The molecule has 1 rings (SSSR count). The Hall–Kier alpha value is -0.120. The third-order valence-corrected chi connectivity index (χ3v) is 2.95. The summed E-state index contributed by atoms with van der Waals surface area (Å²) in [5.74, 6) is 0.797. The molecule has 90 valence electrons. The van der Waals surface area contributed by atoms with Gasteiger partial charge in [-0.05, 0) is 51.1 Å². The maximum atomic E-state index is 5.68. The van der Waals surface area contributed by atoms with E-state index in [0.717, 1.165) is 32.2 Å². The zero-order valence-electron chi connectivity index (χ0n) is 9.96. The number of ether oxygens (including phenoxy) is 2. The Kier molecular flexibility index (Phi) is 7.88. The van der Waals surface area contributed by atoms with Gasteiger partial charge in [-0.3, -0.25) is 0 Å². The summed E-state index contributed by atoms with van der Waals surface area (Å²) in [6.45, 7) is 5.11. The van der Waals surface area contributed by atoms with Gasteiger partial charge in [0.05, 0.1) is 0 Å². The molecule has 0 aromatic carbocycles. The largest absolute Gasteiger partial charge is 0.385 e. The van der Waals surface area contributed by atoms with Gasteiger partial charge in [0.1, 0.15) is 0 Å². The van der Waals surface area contributed by atoms with Gasteiger partial charge in [0, 0.05) is 26.9 Å². The van der Waals surface area contributed by atoms with Crippen LogP contribution in [0.5, 0.6) is 0 Å². The topological polar surface area (TPSA) is 30.5 Å². The van der Waals surface area contributed by atoms with Crippen molar-refractivity contribution in [3.63, 3.8) is 0 Å². The zero-order chi connectivity index (χ0) is 10.8. The Morgan fingerprint density at radius 3 is 2.53 bits per heavy atom. The Balaban J connectivity index is 1.79. The Morgan fingerprint density at radius 2 is 1.80 bits per heavy atom. The fraction of sp³-hybridized carbons (Fsp3) is 1.00. The van der Waals surface area contributed by atoms with Crippen molar-refractivity contribution in [3.8, 4) is 0 Å². The van der Waals surface area contributed by atoms with Gasteiger partial charge in [-0.25, -0.2) is 0 Å². The number of methoxy groups -OCH3 is 1. The monoisotopic (exact) mass is 215 g/mol. The predicted molar refractivity (Wildman–Crippen MR) is 62.1 cm³/mol. The van der Waals surface area contributed by atoms with Gasteiger partial charge in [-0.15, -0.1) is 0 Å². The minimum absolute atomic E-state index is 0.797. The first kappa shape index (κ1) is 12.9. The van der Waals surface area contributed by atoms with Crippen molar-refractivity contribution in [2.45, 2.75) is 32.1 Å². The van der Waals surface area contributed by atoms with Crippen LogP contribution >= 0.6 is 0 Å². The number of piperidine rings is 1. The highest BCUT2D eigenvalue weighted by Gasteiger charge is 2.12. The van der Waals surface area contributed by atoms with E-state index in [9.17, 15) is 0 Å². The molecular weight excluding hydrogens is 190 g/mol. The fourth-order valence-electron chi connectivity index (χ4n) is 1.93. The van der Waals surface area contributed by atoms with Crippen LogP contribution in [0.4, 0.5) is 0 Å². The highest BCUT2D eigenvalue weighted by molar-refractivity contribution is 4.67. The van der Waals surface area contributed by atoms with Crippen molar-refractivity contribution in [1.82, 2.24) is 5.32 Å². The first-order valence-corrected chi connectivity index (χ1v) is 6.21. The van der Waals surface area contributed by atoms with E-state index in [0.29, 0.717) is 0 Å². The lowest BCUT2D eigenvalue weighted by Crippen LogP contribution is -2.30. The molecule has 1 heterocycles. The Bertz CT molecular complexity index is 136. The molecule has 1 aliphatic heterocycles. The van der Waals surface area contributed by atoms with Gasteiger partial charge >= 0.3 is 0 Å². The van der Waals surface area contributed by atoms with Gasteiger partial charge < -0.3 is 14.8 Å². The molecule has 0 aromatic rings. The first-order valence-electron chi connectivity index (χ1n) is 6.21. The van der Waals surface area contributed by atoms with E-state index in [2.05, 4.69) is 5.32 Å². The molecule has 3 heteroatoms. The van der Waals surface area contributed by atoms with Crippen LogP contribution in [0.3, 0.4) is 0 Å². The van der Waals surface area contributed by atoms with Crippen LogP contribution < -0.4 is 5.32 Å². The lowest BCUT2D eigenvalue weighted by molar-refractivity contribution is 0.0835. The Labute approximate surface area is 93.5 Å². The lowest BCUT2D eigenvalue weighted by atomic mass is 9.99. The molecular formula is C12H25NO2. The summed E-state index contributed by atoms with van der Waals surface area (Å²) in [5.41, 5.74) is 0. The molecule has 0 bridgehead atoms. The zero-order valence-corrected chi connectivity index (χ0v) is 9.96. The summed E-state index contributed by atoms with van der Waals surface area (Å²) in [5, 5.41) is 3.37. The fourth-order valence-corrected chi connectivity index (χ4v) is 1.93. The average Bonchev–Trinajstić information content (AvgIpc) is 2.29. The number of rotatable bonds is 8. The maximum absolute atomic E-state index is 5.68. The highest BCUT2D eigenvalue weighted by Crippen LogP contribution is 2.11. The summed E-state index contributed by atoms with van der Waals surface area (Å²) in [4.78, 5) is 0. The van der Waals surface area contributed by atoms with Crippen molar-refractivity contribution in [3.05, 3.63) is 0 Å². The molecule has 1 saturated heterocycles. The molecule has 0 amide bonds. The SMILES string of the molecule is COCCCCCOCC1CCNCC1. The third-order valence-electron chi connectivity index (χ3n) is 2.95. The van der Waals surface area contributed by atoms with Gasteiger partial charge in [0.15, 0.2) is 0 Å². The summed E-state index contributed by atoms with van der Waals surface area (Å²) in [7, 11) is 1.76. The number of unbranched alkanes of at least 4 members (excludes halogenated alkanes) is 2. The number of hydrogen-bond donors (Lipinski definition) is 1. The van der Waals surface area contributed by atoms with Gasteiger partial charge in [0.25, 0.3) is 0 Å². The van der Waals surface area contributed by atoms with E-state index >= 15 is 0 Å². The second kappa shape index (κ2) is 9.13. The van der Waals surface area contributed by atoms with E-state index in [1.807, 2.05) is 0 Å². The van der Waals surface area contributed by atoms with Gasteiger partial charge in [-0.2, -0.15) is 0 Å². The van der Waals surface area contributed by atoms with Crippen LogP contribution in [-0.2, 0) is 9.47 Å². The third kappa shape index (κ3) is 6.88. The maximum Gasteiger partial charge on any atom is 0.0495 e. The summed E-state index contributed by atoms with van der Waals surface area (Å²) >= 11 is 0. The minimum atomic E-state index is 0.797. The summed E-state index contributed by atoms with van der Waals surface area (Å²) < 4.78 is 10.7. The van der Waals surface area contributed by atoms with Crippen molar-refractivity contribution in [2.24, 2.45) is 5.92 Å². The normalized spacial score (nSPS) is 18.2. The molecule has 0 aliphatic carbocycles. The molecule has 1 fully saturated rings. The van der Waals surface area contributed by atoms with Crippen LogP contribution in [0, 0.1) is 5.92 Å². The molecule has 3 nitrogen and oxygen atoms in total.